The summed E-state index contributed by atoms with van der Waals surface area (Å²) in [4.78, 5) is 0. The van der Waals surface area contributed by atoms with Gasteiger partial charge in [0.15, 0.2) is 0 Å². The van der Waals surface area contributed by atoms with E-state index in [1.54, 1.807) is 0 Å². The molecule has 0 bridgehead atoms. The Morgan fingerprint density at radius 3 is 1.22 bits per heavy atom. The van der Waals surface area contributed by atoms with Crippen LogP contribution in [0.25, 0.3) is 0 Å². The van der Waals surface area contributed by atoms with Crippen molar-refractivity contribution in [3.05, 3.63) is 108 Å². The molecular weight excluding hydrogens is 282 g/mol. The molecule has 1 unspecified atom stereocenters. The van der Waals surface area contributed by atoms with Crippen LogP contribution in [-0.4, -0.2) is 11.3 Å². The van der Waals surface area contributed by atoms with Gasteiger partial charge in [-0.15, -0.1) is 0 Å². The molecule has 2 heteroatoms. The van der Waals surface area contributed by atoms with Gasteiger partial charge in [-0.05, 0) is 16.7 Å². The molecule has 0 radical (unpaired) electrons. The highest BCUT2D eigenvalue weighted by Crippen LogP contribution is 2.42. The zero-order valence-corrected chi connectivity index (χ0v) is 13.0. The molecule has 0 saturated carbocycles. The summed E-state index contributed by atoms with van der Waals surface area (Å²) < 4.78 is 0. The lowest BCUT2D eigenvalue weighted by Gasteiger charge is -2.37. The zero-order valence-electron chi connectivity index (χ0n) is 13.0. The average molecular weight is 303 g/mol. The highest BCUT2D eigenvalue weighted by molar-refractivity contribution is 5.50. The number of benzene rings is 3. The van der Waals surface area contributed by atoms with Crippen molar-refractivity contribution in [3.63, 3.8) is 0 Å². The quantitative estimate of drug-likeness (QED) is 0.558. The zero-order chi connectivity index (χ0) is 16.1. The second-order valence-electron chi connectivity index (χ2n) is 5.77. The Hall–Kier alpha value is -2.42. The summed E-state index contributed by atoms with van der Waals surface area (Å²) in [6, 6.07) is 30.8. The fourth-order valence-electron chi connectivity index (χ4n) is 3.34. The smallest absolute Gasteiger partial charge is 0.103 e. The molecule has 1 atom stereocenters. The fourth-order valence-corrected chi connectivity index (χ4v) is 3.34. The van der Waals surface area contributed by atoms with E-state index in [4.69, 9.17) is 5.73 Å². The standard InChI is InChI=1S/C21H21NO/c22-20(23)16-21(17-10-4-1-5-11-17,18-12-6-2-7-13-18)19-14-8-3-9-15-19/h1-15,20,23H,16,22H2. The van der Waals surface area contributed by atoms with E-state index in [1.165, 1.54) is 0 Å². The molecule has 3 N–H and O–H groups in total. The molecule has 0 aliphatic carbocycles. The van der Waals surface area contributed by atoms with Crippen LogP contribution in [-0.2, 0) is 5.41 Å². The Kier molecular flexibility index (Phi) is 4.56. The maximum absolute atomic E-state index is 10.0. The van der Waals surface area contributed by atoms with Crippen LogP contribution < -0.4 is 5.73 Å². The third-order valence-electron chi connectivity index (χ3n) is 4.32. The van der Waals surface area contributed by atoms with Gasteiger partial charge in [-0.25, -0.2) is 0 Å². The Balaban J connectivity index is 2.30. The summed E-state index contributed by atoms with van der Waals surface area (Å²) in [6.45, 7) is 0. The minimum absolute atomic E-state index is 0.422. The molecule has 0 spiro atoms. The number of nitrogens with two attached hydrogens (primary N) is 1. The molecule has 116 valence electrons. The fraction of sp³-hybridized carbons (Fsp3) is 0.143. The normalized spacial score (nSPS) is 12.8. The molecule has 23 heavy (non-hydrogen) atoms. The Morgan fingerprint density at radius 1 is 0.652 bits per heavy atom. The van der Waals surface area contributed by atoms with Gasteiger partial charge < -0.3 is 10.8 Å². The first-order valence-electron chi connectivity index (χ1n) is 7.84. The van der Waals surface area contributed by atoms with Crippen LogP contribution in [0.5, 0.6) is 0 Å². The molecule has 3 aromatic rings. The molecular formula is C21H21NO. The number of aliphatic hydroxyl groups excluding tert-OH is 1. The summed E-state index contributed by atoms with van der Waals surface area (Å²) >= 11 is 0. The van der Waals surface area contributed by atoms with Gasteiger partial charge >= 0.3 is 0 Å². The van der Waals surface area contributed by atoms with Crippen molar-refractivity contribution in [3.8, 4) is 0 Å². The molecule has 0 fully saturated rings. The van der Waals surface area contributed by atoms with Crippen molar-refractivity contribution in [1.82, 2.24) is 0 Å². The third kappa shape index (κ3) is 3.04. The van der Waals surface area contributed by atoms with Gasteiger partial charge in [0.25, 0.3) is 0 Å². The lowest BCUT2D eigenvalue weighted by molar-refractivity contribution is 0.154. The first kappa shape index (κ1) is 15.5. The van der Waals surface area contributed by atoms with E-state index < -0.39 is 11.6 Å². The van der Waals surface area contributed by atoms with Gasteiger partial charge in [0.2, 0.25) is 0 Å². The summed E-state index contributed by atoms with van der Waals surface area (Å²) in [6.07, 6.45) is -0.485. The number of hydrogen-bond acceptors (Lipinski definition) is 2. The molecule has 0 aromatic heterocycles. The van der Waals surface area contributed by atoms with Crippen LogP contribution >= 0.6 is 0 Å². The number of rotatable bonds is 5. The van der Waals surface area contributed by atoms with Gasteiger partial charge in [-0.2, -0.15) is 0 Å². The van der Waals surface area contributed by atoms with Crippen molar-refractivity contribution in [2.24, 2.45) is 5.73 Å². The highest BCUT2D eigenvalue weighted by atomic mass is 16.3. The Morgan fingerprint density at radius 2 is 0.957 bits per heavy atom. The molecule has 0 aliphatic heterocycles. The maximum Gasteiger partial charge on any atom is 0.103 e. The van der Waals surface area contributed by atoms with Gasteiger partial charge in [0.1, 0.15) is 6.23 Å². The summed E-state index contributed by atoms with van der Waals surface area (Å²) in [7, 11) is 0. The van der Waals surface area contributed by atoms with Gasteiger partial charge in [0, 0.05) is 11.8 Å². The highest BCUT2D eigenvalue weighted by Gasteiger charge is 2.37. The molecule has 3 aromatic carbocycles. The van der Waals surface area contributed by atoms with Crippen LogP contribution in [0.2, 0.25) is 0 Å². The van der Waals surface area contributed by atoms with E-state index in [0.717, 1.165) is 16.7 Å². The van der Waals surface area contributed by atoms with E-state index in [1.807, 2.05) is 54.6 Å². The van der Waals surface area contributed by atoms with E-state index in [2.05, 4.69) is 36.4 Å². The summed E-state index contributed by atoms with van der Waals surface area (Å²) in [5, 5.41) is 10.0. The first-order valence-corrected chi connectivity index (χ1v) is 7.84. The van der Waals surface area contributed by atoms with Crippen molar-refractivity contribution in [1.29, 1.82) is 0 Å². The van der Waals surface area contributed by atoms with Crippen LogP contribution in [0.1, 0.15) is 23.1 Å². The average Bonchev–Trinajstić information content (AvgIpc) is 2.62. The van der Waals surface area contributed by atoms with Crippen molar-refractivity contribution < 1.29 is 5.11 Å². The topological polar surface area (TPSA) is 46.2 Å². The van der Waals surface area contributed by atoms with E-state index >= 15 is 0 Å². The summed E-state index contributed by atoms with van der Waals surface area (Å²) in [5.41, 5.74) is 8.75. The molecule has 0 saturated heterocycles. The van der Waals surface area contributed by atoms with Crippen molar-refractivity contribution >= 4 is 0 Å². The predicted molar refractivity (Wildman–Crippen MR) is 94.0 cm³/mol. The molecule has 2 nitrogen and oxygen atoms in total. The van der Waals surface area contributed by atoms with Crippen LogP contribution in [0, 0.1) is 0 Å². The first-order chi connectivity index (χ1) is 11.2. The maximum atomic E-state index is 10.0. The molecule has 0 amide bonds. The molecule has 0 heterocycles. The lowest BCUT2D eigenvalue weighted by Crippen LogP contribution is -2.37. The Bertz CT molecular complexity index is 627. The van der Waals surface area contributed by atoms with Crippen molar-refractivity contribution in [2.45, 2.75) is 18.1 Å². The van der Waals surface area contributed by atoms with Gasteiger partial charge in [-0.3, -0.25) is 0 Å². The Labute approximate surface area is 137 Å². The van der Waals surface area contributed by atoms with Crippen LogP contribution in [0.4, 0.5) is 0 Å². The minimum atomic E-state index is -0.907. The van der Waals surface area contributed by atoms with Crippen LogP contribution in [0.3, 0.4) is 0 Å². The predicted octanol–water partition coefficient (Wildman–Crippen LogP) is 3.69. The second kappa shape index (κ2) is 6.78. The monoisotopic (exact) mass is 303 g/mol. The summed E-state index contributed by atoms with van der Waals surface area (Å²) in [5.74, 6) is 0. The third-order valence-corrected chi connectivity index (χ3v) is 4.32. The molecule has 0 aliphatic rings. The number of hydrogen-bond donors (Lipinski definition) is 2. The van der Waals surface area contributed by atoms with E-state index in [-0.39, 0.29) is 0 Å². The van der Waals surface area contributed by atoms with Crippen LogP contribution in [0.15, 0.2) is 91.0 Å². The second-order valence-corrected chi connectivity index (χ2v) is 5.77. The minimum Gasteiger partial charge on any atom is -0.379 e. The van der Waals surface area contributed by atoms with Crippen molar-refractivity contribution in [2.75, 3.05) is 0 Å². The molecule has 3 rings (SSSR count). The van der Waals surface area contributed by atoms with E-state index in [9.17, 15) is 5.11 Å². The van der Waals surface area contributed by atoms with Gasteiger partial charge in [0.05, 0.1) is 0 Å². The number of aliphatic hydroxyl groups is 1. The largest absolute Gasteiger partial charge is 0.379 e. The van der Waals surface area contributed by atoms with Gasteiger partial charge in [-0.1, -0.05) is 91.0 Å². The van der Waals surface area contributed by atoms with E-state index in [0.29, 0.717) is 6.42 Å². The SMILES string of the molecule is NC(O)CC(c1ccccc1)(c1ccccc1)c1ccccc1. The lowest BCUT2D eigenvalue weighted by atomic mass is 9.67.